The average Bonchev–Trinajstić information content (AvgIpc) is 2.83. The lowest BCUT2D eigenvalue weighted by Crippen LogP contribution is -2.38. The van der Waals surface area contributed by atoms with E-state index in [0.717, 1.165) is 18.2 Å². The quantitative estimate of drug-likeness (QED) is 0.422. The maximum absolute atomic E-state index is 12.7. The number of benzene rings is 2. The first-order valence-corrected chi connectivity index (χ1v) is 8.19. The molecule has 138 valence electrons. The molecule has 0 N–H and O–H groups in total. The van der Waals surface area contributed by atoms with E-state index >= 15 is 0 Å². The summed E-state index contributed by atoms with van der Waals surface area (Å²) in [4.78, 5) is 46.8. The number of amides is 2. The van der Waals surface area contributed by atoms with Gasteiger partial charge in [-0.15, -0.1) is 0 Å². The number of halogens is 2. The molecule has 0 saturated heterocycles. The Morgan fingerprint density at radius 1 is 0.963 bits per heavy atom. The monoisotopic (exact) mass is 409 g/mol. The van der Waals surface area contributed by atoms with Crippen molar-refractivity contribution in [3.05, 3.63) is 83.4 Å². The Balaban J connectivity index is 2.10. The zero-order valence-electron chi connectivity index (χ0n) is 13.3. The molecule has 0 aliphatic carbocycles. The van der Waals surface area contributed by atoms with Gasteiger partial charge in [-0.3, -0.25) is 34.7 Å². The first-order chi connectivity index (χ1) is 12.7. The smallest absolute Gasteiger partial charge is 0.269 e. The molecule has 2 aromatic carbocycles. The summed E-state index contributed by atoms with van der Waals surface area (Å²) in [6, 6.07) is 6.09. The second-order valence-electron chi connectivity index (χ2n) is 5.66. The van der Waals surface area contributed by atoms with Gasteiger partial charge in [0.25, 0.3) is 17.5 Å². The summed E-state index contributed by atoms with van der Waals surface area (Å²) in [6.07, 6.45) is 0. The SMILES string of the molecule is O=C1c2ccc([N+](=O)[O-])cc2C(=O)N1C(C[N+](=O)[O-])c1ccc(Cl)cc1Cl. The summed E-state index contributed by atoms with van der Waals surface area (Å²) in [5.41, 5.74) is -0.453. The molecule has 1 atom stereocenters. The average molecular weight is 410 g/mol. The number of hydrogen-bond donors (Lipinski definition) is 0. The van der Waals surface area contributed by atoms with E-state index in [2.05, 4.69) is 0 Å². The molecule has 0 radical (unpaired) electrons. The number of non-ortho nitro benzene ring substituents is 1. The Hall–Kier alpha value is -3.04. The van der Waals surface area contributed by atoms with E-state index < -0.39 is 34.2 Å². The van der Waals surface area contributed by atoms with Crippen molar-refractivity contribution < 1.29 is 19.4 Å². The Kier molecular flexibility index (Phi) is 4.81. The van der Waals surface area contributed by atoms with Crippen molar-refractivity contribution in [2.45, 2.75) is 6.04 Å². The number of carbonyl (C=O) groups excluding carboxylic acids is 2. The van der Waals surface area contributed by atoms with Crippen LogP contribution in [0.1, 0.15) is 32.3 Å². The highest BCUT2D eigenvalue weighted by atomic mass is 35.5. The molecular formula is C16H9Cl2N3O6. The topological polar surface area (TPSA) is 124 Å². The van der Waals surface area contributed by atoms with Gasteiger partial charge in [-0.05, 0) is 18.2 Å². The molecular weight excluding hydrogens is 401 g/mol. The molecule has 1 aliphatic rings. The number of nitrogens with zero attached hydrogens (tertiary/aromatic N) is 3. The van der Waals surface area contributed by atoms with Crippen molar-refractivity contribution in [2.24, 2.45) is 0 Å². The molecule has 1 heterocycles. The molecule has 0 saturated carbocycles. The van der Waals surface area contributed by atoms with Gasteiger partial charge in [0.15, 0.2) is 0 Å². The minimum atomic E-state index is -1.30. The number of fused-ring (bicyclic) bond motifs is 1. The lowest BCUT2D eigenvalue weighted by Gasteiger charge is -2.24. The van der Waals surface area contributed by atoms with Gasteiger partial charge in [0.05, 0.1) is 16.1 Å². The maximum Gasteiger partial charge on any atom is 0.270 e. The van der Waals surface area contributed by atoms with Gasteiger partial charge in [-0.2, -0.15) is 0 Å². The zero-order valence-corrected chi connectivity index (χ0v) is 14.8. The number of nitro benzene ring substituents is 1. The number of rotatable bonds is 5. The Labute approximate surface area is 161 Å². The van der Waals surface area contributed by atoms with Crippen LogP contribution in [0, 0.1) is 20.2 Å². The molecule has 27 heavy (non-hydrogen) atoms. The largest absolute Gasteiger partial charge is 0.270 e. The van der Waals surface area contributed by atoms with Crippen molar-refractivity contribution in [1.29, 1.82) is 0 Å². The molecule has 11 heteroatoms. The molecule has 0 spiro atoms. The summed E-state index contributed by atoms with van der Waals surface area (Å²) < 4.78 is 0. The fourth-order valence-electron chi connectivity index (χ4n) is 2.88. The van der Waals surface area contributed by atoms with E-state index in [9.17, 15) is 29.8 Å². The lowest BCUT2D eigenvalue weighted by atomic mass is 10.1. The van der Waals surface area contributed by atoms with Crippen LogP contribution in [0.3, 0.4) is 0 Å². The van der Waals surface area contributed by atoms with Gasteiger partial charge in [0, 0.05) is 32.7 Å². The molecule has 2 aromatic rings. The zero-order chi connectivity index (χ0) is 19.9. The third kappa shape index (κ3) is 3.34. The summed E-state index contributed by atoms with van der Waals surface area (Å²) in [7, 11) is 0. The molecule has 2 amide bonds. The molecule has 0 fully saturated rings. The van der Waals surface area contributed by atoms with Crippen LogP contribution in [0.2, 0.25) is 10.0 Å². The van der Waals surface area contributed by atoms with Crippen molar-refractivity contribution in [1.82, 2.24) is 4.90 Å². The fourth-order valence-corrected chi connectivity index (χ4v) is 3.41. The van der Waals surface area contributed by atoms with Crippen LogP contribution in [0.15, 0.2) is 36.4 Å². The number of nitro groups is 2. The first kappa shape index (κ1) is 18.7. The molecule has 0 bridgehead atoms. The van der Waals surface area contributed by atoms with Gasteiger partial charge in [-0.1, -0.05) is 29.3 Å². The predicted molar refractivity (Wildman–Crippen MR) is 94.7 cm³/mol. The molecule has 9 nitrogen and oxygen atoms in total. The van der Waals surface area contributed by atoms with Crippen molar-refractivity contribution in [2.75, 3.05) is 6.54 Å². The summed E-state index contributed by atoms with van der Waals surface area (Å²) >= 11 is 11.9. The number of imide groups is 1. The Morgan fingerprint density at radius 2 is 1.63 bits per heavy atom. The van der Waals surface area contributed by atoms with Crippen LogP contribution in [-0.4, -0.2) is 33.1 Å². The van der Waals surface area contributed by atoms with E-state index in [-0.39, 0.29) is 32.4 Å². The van der Waals surface area contributed by atoms with Gasteiger partial charge in [0.2, 0.25) is 6.54 Å². The van der Waals surface area contributed by atoms with E-state index in [1.165, 1.54) is 18.2 Å². The highest BCUT2D eigenvalue weighted by Crippen LogP contribution is 2.36. The standard InChI is InChI=1S/C16H9Cl2N3O6/c17-8-1-3-11(13(18)5-8)14(7-19(24)25)20-15(22)10-4-2-9(21(26)27)6-12(10)16(20)23/h1-6,14H,7H2. The van der Waals surface area contributed by atoms with E-state index in [4.69, 9.17) is 23.2 Å². The number of hydrogen-bond acceptors (Lipinski definition) is 6. The summed E-state index contributed by atoms with van der Waals surface area (Å²) in [5.74, 6) is -1.65. The van der Waals surface area contributed by atoms with Crippen molar-refractivity contribution >= 4 is 40.7 Å². The molecule has 1 unspecified atom stereocenters. The van der Waals surface area contributed by atoms with Crippen molar-refractivity contribution in [3.63, 3.8) is 0 Å². The summed E-state index contributed by atoms with van der Waals surface area (Å²) in [6.45, 7) is -0.783. The second-order valence-corrected chi connectivity index (χ2v) is 6.51. The van der Waals surface area contributed by atoms with Crippen molar-refractivity contribution in [3.8, 4) is 0 Å². The fraction of sp³-hybridized carbons (Fsp3) is 0.125. The van der Waals surface area contributed by atoms with Crippen LogP contribution >= 0.6 is 23.2 Å². The number of carbonyl (C=O) groups is 2. The molecule has 1 aliphatic heterocycles. The predicted octanol–water partition coefficient (Wildman–Crippen LogP) is 3.52. The van der Waals surface area contributed by atoms with E-state index in [1.807, 2.05) is 0 Å². The minimum absolute atomic E-state index is 0.0527. The normalized spacial score (nSPS) is 14.2. The minimum Gasteiger partial charge on any atom is -0.269 e. The third-order valence-corrected chi connectivity index (χ3v) is 4.63. The van der Waals surface area contributed by atoms with Crippen LogP contribution in [0.4, 0.5) is 5.69 Å². The first-order valence-electron chi connectivity index (χ1n) is 7.43. The van der Waals surface area contributed by atoms with E-state index in [1.54, 1.807) is 0 Å². The maximum atomic E-state index is 12.7. The Bertz CT molecular complexity index is 1010. The highest BCUT2D eigenvalue weighted by molar-refractivity contribution is 6.35. The Morgan fingerprint density at radius 3 is 2.22 bits per heavy atom. The van der Waals surface area contributed by atoms with Gasteiger partial charge in [0.1, 0.15) is 6.04 Å². The van der Waals surface area contributed by atoms with Gasteiger partial charge in [-0.25, -0.2) is 0 Å². The van der Waals surface area contributed by atoms with Crippen LogP contribution < -0.4 is 0 Å². The molecule has 0 aromatic heterocycles. The summed E-state index contributed by atoms with van der Waals surface area (Å²) in [5, 5.41) is 22.4. The molecule has 3 rings (SSSR count). The lowest BCUT2D eigenvalue weighted by molar-refractivity contribution is -0.486. The second kappa shape index (κ2) is 6.93. The third-order valence-electron chi connectivity index (χ3n) is 4.07. The van der Waals surface area contributed by atoms with Crippen LogP contribution in [-0.2, 0) is 0 Å². The van der Waals surface area contributed by atoms with Gasteiger partial charge >= 0.3 is 0 Å². The van der Waals surface area contributed by atoms with E-state index in [0.29, 0.717) is 4.90 Å². The van der Waals surface area contributed by atoms with Gasteiger partial charge < -0.3 is 0 Å². The highest BCUT2D eigenvalue weighted by Gasteiger charge is 2.43. The van der Waals surface area contributed by atoms with Crippen LogP contribution in [0.25, 0.3) is 0 Å². The van der Waals surface area contributed by atoms with Crippen LogP contribution in [0.5, 0.6) is 0 Å².